The van der Waals surface area contributed by atoms with Crippen LogP contribution in [0, 0.1) is 5.92 Å². The van der Waals surface area contributed by atoms with Gasteiger partial charge in [-0.05, 0) is 87.6 Å². The number of aliphatic imine (C=N–C) groups is 3. The summed E-state index contributed by atoms with van der Waals surface area (Å²) in [6.45, 7) is 19.8. The number of rotatable bonds is 13. The summed E-state index contributed by atoms with van der Waals surface area (Å²) in [7, 11) is 3.60. The Balaban J connectivity index is 0.00000187. The fraction of sp³-hybridized carbons (Fsp3) is 0.450. The van der Waals surface area contributed by atoms with Crippen molar-refractivity contribution in [3.05, 3.63) is 108 Å². The lowest BCUT2D eigenvalue weighted by Gasteiger charge is -2.28. The van der Waals surface area contributed by atoms with Gasteiger partial charge in [-0.15, -0.1) is 6.58 Å². The zero-order valence-corrected chi connectivity index (χ0v) is 30.3. The molecule has 1 heterocycles. The third-order valence-electron chi connectivity index (χ3n) is 7.65. The predicted octanol–water partition coefficient (Wildman–Crippen LogP) is 9.24. The first kappa shape index (κ1) is 42.9. The van der Waals surface area contributed by atoms with Gasteiger partial charge in [0.05, 0.1) is 18.0 Å². The summed E-state index contributed by atoms with van der Waals surface area (Å²) in [6.07, 6.45) is 21.9. The standard InChI is InChI=1S/C31H38N4O2.C5H11N.2C2H6/c1-23(30(20-32-3)21-34-22-36)15-16-33-18-26-5-4-6-31(35-19-26)29-13-11-28(12-14-29)27-9-7-25(8-10-27)17-24(2)37;1-4-5(2)6-3;2*1-2/h4,6,11-15,18-22,25,27,37H,2,5,7-10,16-17H2,1,3H3,(H,34,36);4-6H,1H2,2-3H3;2*1-2H3/b23-15+,30-21+,32-20?,33-18?;;;. The Morgan fingerprint density at radius 2 is 1.79 bits per heavy atom. The van der Waals surface area contributed by atoms with E-state index in [-0.39, 0.29) is 0 Å². The molecule has 7 heteroatoms. The van der Waals surface area contributed by atoms with Crippen molar-refractivity contribution in [3.63, 3.8) is 0 Å². The summed E-state index contributed by atoms with van der Waals surface area (Å²) in [6, 6.07) is 9.27. The summed E-state index contributed by atoms with van der Waals surface area (Å²) in [5, 5.41) is 15.0. The maximum atomic E-state index is 10.6. The van der Waals surface area contributed by atoms with E-state index in [1.807, 2.05) is 73.2 Å². The first-order valence-electron chi connectivity index (χ1n) is 17.0. The summed E-state index contributed by atoms with van der Waals surface area (Å²) in [5.41, 5.74) is 6.32. The van der Waals surface area contributed by atoms with Crippen LogP contribution in [0.3, 0.4) is 0 Å². The Labute approximate surface area is 285 Å². The molecule has 3 rings (SSSR count). The minimum Gasteiger partial charge on any atom is -0.513 e. The first-order valence-corrected chi connectivity index (χ1v) is 17.0. The average molecular weight is 644 g/mol. The highest BCUT2D eigenvalue weighted by atomic mass is 16.3. The van der Waals surface area contributed by atoms with Gasteiger partial charge < -0.3 is 15.7 Å². The van der Waals surface area contributed by atoms with Gasteiger partial charge in [0.15, 0.2) is 0 Å². The van der Waals surface area contributed by atoms with Crippen LogP contribution in [0.25, 0.3) is 0 Å². The van der Waals surface area contributed by atoms with E-state index in [1.165, 1.54) is 5.56 Å². The lowest BCUT2D eigenvalue weighted by Crippen LogP contribution is -2.17. The van der Waals surface area contributed by atoms with E-state index in [2.05, 4.69) is 70.2 Å². The van der Waals surface area contributed by atoms with Crippen molar-refractivity contribution in [2.24, 2.45) is 20.9 Å². The van der Waals surface area contributed by atoms with Crippen LogP contribution in [0.2, 0.25) is 0 Å². The molecule has 1 atom stereocenters. The SMILES string of the molecule is C=C(O)CC1CCC(c2ccc(C3=NC=C(C=NC/C=C(C)/C(C=NC)=C/NC=O)CC=C3)cc2)CC1.C=CC(C)NC.CC.CC. The molecular weight excluding hydrogens is 582 g/mol. The van der Waals surface area contributed by atoms with Crippen molar-refractivity contribution in [2.75, 3.05) is 20.6 Å². The smallest absolute Gasteiger partial charge is 0.211 e. The number of carbonyl (C=O) groups is 1. The molecule has 7 nitrogen and oxygen atoms in total. The van der Waals surface area contributed by atoms with E-state index in [0.29, 0.717) is 36.6 Å². The van der Waals surface area contributed by atoms with Crippen LogP contribution in [0.5, 0.6) is 0 Å². The van der Waals surface area contributed by atoms with Gasteiger partial charge in [-0.3, -0.25) is 19.8 Å². The zero-order chi connectivity index (χ0) is 35.5. The van der Waals surface area contributed by atoms with Gasteiger partial charge in [0.1, 0.15) is 0 Å². The van der Waals surface area contributed by atoms with Gasteiger partial charge in [-0.1, -0.05) is 76.8 Å². The number of allylic oxidation sites excluding steroid dienone is 6. The van der Waals surface area contributed by atoms with Crippen LogP contribution in [-0.4, -0.2) is 56.3 Å². The Hall–Kier alpha value is -4.10. The molecule has 1 saturated carbocycles. The predicted molar refractivity (Wildman–Crippen MR) is 206 cm³/mol. The molecule has 1 amide bonds. The molecule has 3 N–H and O–H groups in total. The monoisotopic (exact) mass is 643 g/mol. The molecule has 1 aliphatic carbocycles. The number of amides is 1. The van der Waals surface area contributed by atoms with E-state index >= 15 is 0 Å². The molecule has 0 saturated heterocycles. The topological polar surface area (TPSA) is 98.4 Å². The molecule has 1 aromatic carbocycles. The van der Waals surface area contributed by atoms with Crippen LogP contribution in [-0.2, 0) is 4.79 Å². The largest absolute Gasteiger partial charge is 0.513 e. The molecule has 2 aliphatic rings. The molecule has 0 aromatic heterocycles. The second kappa shape index (κ2) is 27.1. The third kappa shape index (κ3) is 18.0. The van der Waals surface area contributed by atoms with E-state index in [0.717, 1.165) is 66.5 Å². The van der Waals surface area contributed by atoms with Crippen LogP contribution in [0.15, 0.2) is 112 Å². The number of hydrogen-bond acceptors (Lipinski definition) is 6. The number of aliphatic hydroxyl groups is 1. The highest BCUT2D eigenvalue weighted by Gasteiger charge is 2.22. The van der Waals surface area contributed by atoms with Crippen molar-refractivity contribution in [2.45, 2.75) is 92.0 Å². The Bertz CT molecular complexity index is 1260. The van der Waals surface area contributed by atoms with Crippen LogP contribution < -0.4 is 10.6 Å². The van der Waals surface area contributed by atoms with Crippen LogP contribution in [0.4, 0.5) is 0 Å². The van der Waals surface area contributed by atoms with Gasteiger partial charge >= 0.3 is 0 Å². The molecular formula is C40H61N5O2. The minimum atomic E-state index is 0.314. The number of hydrogen-bond donors (Lipinski definition) is 3. The highest BCUT2D eigenvalue weighted by molar-refractivity contribution is 6.09. The summed E-state index contributed by atoms with van der Waals surface area (Å²) >= 11 is 0. The van der Waals surface area contributed by atoms with Crippen LogP contribution >= 0.6 is 0 Å². The van der Waals surface area contributed by atoms with E-state index in [1.54, 1.807) is 19.5 Å². The van der Waals surface area contributed by atoms with Gasteiger partial charge in [0, 0.05) is 55.5 Å². The summed E-state index contributed by atoms with van der Waals surface area (Å²) < 4.78 is 0. The average Bonchev–Trinajstić information content (AvgIpc) is 3.36. The highest BCUT2D eigenvalue weighted by Crippen LogP contribution is 2.37. The zero-order valence-electron chi connectivity index (χ0n) is 30.3. The number of nitrogens with one attached hydrogen (secondary N) is 2. The maximum absolute atomic E-state index is 10.6. The van der Waals surface area contributed by atoms with E-state index < -0.39 is 0 Å². The summed E-state index contributed by atoms with van der Waals surface area (Å²) in [5.74, 6) is 1.47. The molecule has 1 fully saturated rings. The minimum absolute atomic E-state index is 0.314. The lowest BCUT2D eigenvalue weighted by atomic mass is 9.77. The Morgan fingerprint density at radius 1 is 1.13 bits per heavy atom. The second-order valence-electron chi connectivity index (χ2n) is 10.9. The van der Waals surface area contributed by atoms with Crippen molar-refractivity contribution in [3.8, 4) is 0 Å². The second-order valence-corrected chi connectivity index (χ2v) is 10.9. The van der Waals surface area contributed by atoms with Gasteiger partial charge in [0.25, 0.3) is 0 Å². The van der Waals surface area contributed by atoms with Crippen LogP contribution in [0.1, 0.15) is 97.1 Å². The number of benzene rings is 1. The van der Waals surface area contributed by atoms with Crippen molar-refractivity contribution in [1.82, 2.24) is 10.6 Å². The third-order valence-corrected chi connectivity index (χ3v) is 7.65. The Kier molecular flexibility index (Phi) is 24.7. The molecule has 1 aliphatic heterocycles. The van der Waals surface area contributed by atoms with Crippen molar-refractivity contribution in [1.29, 1.82) is 0 Å². The summed E-state index contributed by atoms with van der Waals surface area (Å²) in [4.78, 5) is 23.8. The number of nitrogens with zero attached hydrogens (tertiary/aromatic N) is 3. The molecule has 1 aromatic rings. The number of carbonyl (C=O) groups excluding carboxylic acids is 1. The fourth-order valence-corrected chi connectivity index (χ4v) is 4.88. The van der Waals surface area contributed by atoms with Gasteiger partial charge in [-0.25, -0.2) is 0 Å². The van der Waals surface area contributed by atoms with Crippen molar-refractivity contribution >= 4 is 24.6 Å². The Morgan fingerprint density at radius 3 is 2.32 bits per heavy atom. The van der Waals surface area contributed by atoms with Gasteiger partial charge in [-0.2, -0.15) is 0 Å². The van der Waals surface area contributed by atoms with E-state index in [9.17, 15) is 9.90 Å². The number of aliphatic hydroxyl groups excluding tert-OH is 1. The number of likely N-dealkylation sites (N-methyl/N-ethyl adjacent to an activating group) is 1. The molecule has 0 radical (unpaired) electrons. The normalized spacial score (nSPS) is 18.6. The molecule has 0 bridgehead atoms. The first-order chi connectivity index (χ1) is 22.8. The molecule has 258 valence electrons. The quantitative estimate of drug-likeness (QED) is 0.0657. The fourth-order valence-electron chi connectivity index (χ4n) is 4.88. The van der Waals surface area contributed by atoms with Crippen molar-refractivity contribution < 1.29 is 9.90 Å². The van der Waals surface area contributed by atoms with E-state index in [4.69, 9.17) is 4.99 Å². The lowest BCUT2D eigenvalue weighted by molar-refractivity contribution is -0.108. The molecule has 0 spiro atoms. The molecule has 1 unspecified atom stereocenters. The van der Waals surface area contributed by atoms with Gasteiger partial charge in [0.2, 0.25) is 6.41 Å². The molecule has 47 heavy (non-hydrogen) atoms. The maximum Gasteiger partial charge on any atom is 0.211 e.